The van der Waals surface area contributed by atoms with Crippen LogP contribution in [0.25, 0.3) is 11.0 Å². The SMILES string of the molecule is CC(C)C(NC(=O)COc1ccccc1)c1nc2ccccc2[nH]1. The third-order valence-corrected chi connectivity index (χ3v) is 3.80. The van der Waals surface area contributed by atoms with Gasteiger partial charge in [0.25, 0.3) is 5.91 Å². The van der Waals surface area contributed by atoms with E-state index in [-0.39, 0.29) is 24.5 Å². The number of hydrogen-bond acceptors (Lipinski definition) is 3. The van der Waals surface area contributed by atoms with Gasteiger partial charge in [-0.25, -0.2) is 4.98 Å². The first-order chi connectivity index (χ1) is 11.6. The maximum absolute atomic E-state index is 12.2. The molecule has 3 aromatic rings. The number of rotatable bonds is 6. The molecule has 0 saturated carbocycles. The number of nitrogens with zero attached hydrogens (tertiary/aromatic N) is 1. The van der Waals surface area contributed by atoms with Crippen LogP contribution >= 0.6 is 0 Å². The van der Waals surface area contributed by atoms with Gasteiger partial charge in [0.2, 0.25) is 0 Å². The first-order valence-electron chi connectivity index (χ1n) is 8.05. The van der Waals surface area contributed by atoms with Crippen molar-refractivity contribution in [3.63, 3.8) is 0 Å². The van der Waals surface area contributed by atoms with E-state index in [0.29, 0.717) is 5.75 Å². The molecule has 0 fully saturated rings. The van der Waals surface area contributed by atoms with Crippen LogP contribution in [0.4, 0.5) is 0 Å². The van der Waals surface area contributed by atoms with Gasteiger partial charge in [-0.05, 0) is 30.2 Å². The molecule has 124 valence electrons. The topological polar surface area (TPSA) is 67.0 Å². The fourth-order valence-corrected chi connectivity index (χ4v) is 2.55. The zero-order valence-corrected chi connectivity index (χ0v) is 13.8. The van der Waals surface area contributed by atoms with E-state index in [2.05, 4.69) is 29.1 Å². The Bertz CT molecular complexity index is 779. The molecule has 0 aliphatic heterocycles. The van der Waals surface area contributed by atoms with E-state index in [0.717, 1.165) is 16.9 Å². The minimum Gasteiger partial charge on any atom is -0.484 e. The molecular weight excluding hydrogens is 302 g/mol. The number of hydrogen-bond donors (Lipinski definition) is 2. The second-order valence-electron chi connectivity index (χ2n) is 6.03. The Labute approximate surface area is 141 Å². The van der Waals surface area contributed by atoms with Gasteiger partial charge in [-0.15, -0.1) is 0 Å². The number of aromatic nitrogens is 2. The Morgan fingerprint density at radius 3 is 2.54 bits per heavy atom. The largest absolute Gasteiger partial charge is 0.484 e. The lowest BCUT2D eigenvalue weighted by Gasteiger charge is -2.20. The molecule has 2 N–H and O–H groups in total. The van der Waals surface area contributed by atoms with Gasteiger partial charge < -0.3 is 15.0 Å². The van der Waals surface area contributed by atoms with Crippen LogP contribution in [0.3, 0.4) is 0 Å². The molecule has 0 aliphatic rings. The molecule has 0 radical (unpaired) electrons. The Morgan fingerprint density at radius 1 is 1.12 bits per heavy atom. The van der Waals surface area contributed by atoms with E-state index < -0.39 is 0 Å². The highest BCUT2D eigenvalue weighted by Crippen LogP contribution is 2.22. The van der Waals surface area contributed by atoms with Gasteiger partial charge in [-0.2, -0.15) is 0 Å². The minimum atomic E-state index is -0.190. The van der Waals surface area contributed by atoms with Gasteiger partial charge in [0.15, 0.2) is 6.61 Å². The molecule has 1 amide bonds. The van der Waals surface area contributed by atoms with Gasteiger partial charge in [-0.3, -0.25) is 4.79 Å². The first kappa shape index (κ1) is 16.1. The molecule has 24 heavy (non-hydrogen) atoms. The summed E-state index contributed by atoms with van der Waals surface area (Å²) in [5.41, 5.74) is 1.86. The number of amides is 1. The number of aromatic amines is 1. The Kier molecular flexibility index (Phi) is 4.79. The van der Waals surface area contributed by atoms with Crippen molar-refractivity contribution in [1.82, 2.24) is 15.3 Å². The monoisotopic (exact) mass is 323 g/mol. The highest BCUT2D eigenvalue weighted by molar-refractivity contribution is 5.78. The summed E-state index contributed by atoms with van der Waals surface area (Å²) >= 11 is 0. The van der Waals surface area contributed by atoms with E-state index in [4.69, 9.17) is 4.74 Å². The van der Waals surface area contributed by atoms with Gasteiger partial charge in [0, 0.05) is 0 Å². The standard InChI is InChI=1S/C19H21N3O2/c1-13(2)18(19-20-15-10-6-7-11-16(15)21-19)22-17(23)12-24-14-8-4-3-5-9-14/h3-11,13,18H,12H2,1-2H3,(H,20,21)(H,22,23). The molecule has 1 heterocycles. The molecule has 3 rings (SSSR count). The molecule has 2 aromatic carbocycles. The lowest BCUT2D eigenvalue weighted by atomic mass is 10.0. The van der Waals surface area contributed by atoms with E-state index in [1.54, 1.807) is 0 Å². The van der Waals surface area contributed by atoms with E-state index in [9.17, 15) is 4.79 Å². The smallest absolute Gasteiger partial charge is 0.258 e. The third-order valence-electron chi connectivity index (χ3n) is 3.80. The van der Waals surface area contributed by atoms with Crippen molar-refractivity contribution in [2.45, 2.75) is 19.9 Å². The number of para-hydroxylation sites is 3. The number of H-pyrrole nitrogens is 1. The van der Waals surface area contributed by atoms with E-state index in [1.807, 2.05) is 54.6 Å². The summed E-state index contributed by atoms with van der Waals surface area (Å²) in [4.78, 5) is 20.1. The maximum Gasteiger partial charge on any atom is 0.258 e. The van der Waals surface area contributed by atoms with Crippen molar-refractivity contribution in [3.05, 3.63) is 60.4 Å². The Hall–Kier alpha value is -2.82. The number of fused-ring (bicyclic) bond motifs is 1. The quantitative estimate of drug-likeness (QED) is 0.730. The molecule has 0 saturated heterocycles. The second kappa shape index (κ2) is 7.17. The van der Waals surface area contributed by atoms with Crippen molar-refractivity contribution >= 4 is 16.9 Å². The molecule has 1 aromatic heterocycles. The van der Waals surface area contributed by atoms with Crippen molar-refractivity contribution in [2.24, 2.45) is 5.92 Å². The lowest BCUT2D eigenvalue weighted by molar-refractivity contribution is -0.124. The molecule has 1 atom stereocenters. The molecule has 5 heteroatoms. The number of nitrogens with one attached hydrogen (secondary N) is 2. The van der Waals surface area contributed by atoms with Gasteiger partial charge >= 0.3 is 0 Å². The number of imidazole rings is 1. The molecular formula is C19H21N3O2. The minimum absolute atomic E-state index is 0.0204. The maximum atomic E-state index is 12.2. The first-order valence-corrected chi connectivity index (χ1v) is 8.05. The van der Waals surface area contributed by atoms with Gasteiger partial charge in [-0.1, -0.05) is 44.2 Å². The van der Waals surface area contributed by atoms with E-state index >= 15 is 0 Å². The van der Waals surface area contributed by atoms with Crippen molar-refractivity contribution in [3.8, 4) is 5.75 Å². The average molecular weight is 323 g/mol. The molecule has 5 nitrogen and oxygen atoms in total. The van der Waals surface area contributed by atoms with E-state index in [1.165, 1.54) is 0 Å². The summed E-state index contributed by atoms with van der Waals surface area (Å²) in [5.74, 6) is 1.47. The van der Waals surface area contributed by atoms with Crippen LogP contribution < -0.4 is 10.1 Å². The van der Waals surface area contributed by atoms with Crippen molar-refractivity contribution < 1.29 is 9.53 Å². The summed E-state index contributed by atoms with van der Waals surface area (Å²) in [6.45, 7) is 4.08. The normalized spacial score (nSPS) is 12.3. The highest BCUT2D eigenvalue weighted by Gasteiger charge is 2.21. The van der Waals surface area contributed by atoms with Crippen molar-refractivity contribution in [1.29, 1.82) is 0 Å². The third kappa shape index (κ3) is 3.74. The predicted molar refractivity (Wildman–Crippen MR) is 93.8 cm³/mol. The van der Waals surface area contributed by atoms with Crippen LogP contribution in [0.5, 0.6) is 5.75 Å². The van der Waals surface area contributed by atoms with Crippen molar-refractivity contribution in [2.75, 3.05) is 6.61 Å². The van der Waals surface area contributed by atoms with Gasteiger partial charge in [0.05, 0.1) is 17.1 Å². The molecule has 0 aliphatic carbocycles. The highest BCUT2D eigenvalue weighted by atomic mass is 16.5. The molecule has 1 unspecified atom stereocenters. The summed E-state index contributed by atoms with van der Waals surface area (Å²) in [7, 11) is 0. The van der Waals surface area contributed by atoms with Crippen LogP contribution in [-0.2, 0) is 4.79 Å². The summed E-state index contributed by atoms with van der Waals surface area (Å²) in [6.07, 6.45) is 0. The molecule has 0 spiro atoms. The fourth-order valence-electron chi connectivity index (χ4n) is 2.55. The van der Waals surface area contributed by atoms with Crippen LogP contribution in [0.1, 0.15) is 25.7 Å². The average Bonchev–Trinajstić information content (AvgIpc) is 3.02. The Balaban J connectivity index is 1.68. The van der Waals surface area contributed by atoms with Crippen LogP contribution in [0, 0.1) is 5.92 Å². The number of carbonyl (C=O) groups excluding carboxylic acids is 1. The Morgan fingerprint density at radius 2 is 1.83 bits per heavy atom. The second-order valence-corrected chi connectivity index (χ2v) is 6.03. The van der Waals surface area contributed by atoms with Gasteiger partial charge in [0.1, 0.15) is 11.6 Å². The summed E-state index contributed by atoms with van der Waals surface area (Å²) in [6, 6.07) is 16.9. The fraction of sp³-hybridized carbons (Fsp3) is 0.263. The number of benzene rings is 2. The predicted octanol–water partition coefficient (Wildman–Crippen LogP) is 3.46. The number of carbonyl (C=O) groups is 1. The zero-order valence-electron chi connectivity index (χ0n) is 13.8. The molecule has 0 bridgehead atoms. The van der Waals surface area contributed by atoms with Crippen LogP contribution in [0.2, 0.25) is 0 Å². The van der Waals surface area contributed by atoms with Crippen LogP contribution in [-0.4, -0.2) is 22.5 Å². The lowest BCUT2D eigenvalue weighted by Crippen LogP contribution is -2.35. The van der Waals surface area contributed by atoms with Crippen LogP contribution in [0.15, 0.2) is 54.6 Å². The zero-order chi connectivity index (χ0) is 16.9. The summed E-state index contributed by atoms with van der Waals surface area (Å²) in [5, 5.41) is 3.01. The number of ether oxygens (including phenoxy) is 1. The summed E-state index contributed by atoms with van der Waals surface area (Å²) < 4.78 is 5.50.